The third-order valence-corrected chi connectivity index (χ3v) is 4.32. The van der Waals surface area contributed by atoms with Gasteiger partial charge in [0.25, 0.3) is 11.8 Å². The molecule has 0 spiro atoms. The number of rotatable bonds is 9. The third-order valence-electron chi connectivity index (χ3n) is 3.59. The second-order valence-corrected chi connectivity index (χ2v) is 6.59. The lowest BCUT2D eigenvalue weighted by molar-refractivity contribution is -0.120. The highest BCUT2D eigenvalue weighted by atomic mass is 79.9. The summed E-state index contributed by atoms with van der Waals surface area (Å²) < 4.78 is 11.4. The lowest BCUT2D eigenvalue weighted by Crippen LogP contribution is -2.34. The summed E-state index contributed by atoms with van der Waals surface area (Å²) in [6.07, 6.45) is 2.40. The molecule has 2 aromatic rings. The van der Waals surface area contributed by atoms with Crippen molar-refractivity contribution in [2.75, 3.05) is 20.3 Å². The molecule has 2 rings (SSSR count). The Morgan fingerprint density at radius 1 is 1.14 bits per heavy atom. The zero-order valence-electron chi connectivity index (χ0n) is 15.7. The number of nitrogens with zero attached hydrogens (tertiary/aromatic N) is 1. The molecule has 0 aliphatic rings. The molecule has 148 valence electrons. The van der Waals surface area contributed by atoms with E-state index in [0.717, 1.165) is 16.5 Å². The predicted molar refractivity (Wildman–Crippen MR) is 111 cm³/mol. The van der Waals surface area contributed by atoms with Crippen molar-refractivity contribution in [2.24, 2.45) is 5.10 Å². The normalized spacial score (nSPS) is 10.5. The van der Waals surface area contributed by atoms with Crippen LogP contribution in [0.25, 0.3) is 0 Å². The van der Waals surface area contributed by atoms with E-state index in [2.05, 4.69) is 31.8 Å². The van der Waals surface area contributed by atoms with Crippen LogP contribution in [0.3, 0.4) is 0 Å². The Morgan fingerprint density at radius 2 is 1.86 bits per heavy atom. The van der Waals surface area contributed by atoms with Crippen molar-refractivity contribution in [2.45, 2.75) is 13.3 Å². The Morgan fingerprint density at radius 3 is 2.54 bits per heavy atom. The smallest absolute Gasteiger partial charge is 0.259 e. The number of hydrogen-bond donors (Lipinski definition) is 2. The van der Waals surface area contributed by atoms with Crippen LogP contribution in [0, 0.1) is 0 Å². The van der Waals surface area contributed by atoms with Gasteiger partial charge < -0.3 is 14.8 Å². The summed E-state index contributed by atoms with van der Waals surface area (Å²) in [6, 6.07) is 12.1. The highest BCUT2D eigenvalue weighted by molar-refractivity contribution is 9.10. The van der Waals surface area contributed by atoms with Gasteiger partial charge in [0.15, 0.2) is 0 Å². The number of hydrogen-bond acceptors (Lipinski definition) is 5. The SMILES string of the molecule is CCCOc1ccc(C(=O)NCC(=O)N/N=C\c2cc(OC)ccc2Br)cc1. The quantitative estimate of drug-likeness (QED) is 0.456. The number of carbonyl (C=O) groups excluding carboxylic acids is 2. The van der Waals surface area contributed by atoms with Gasteiger partial charge in [0.1, 0.15) is 11.5 Å². The van der Waals surface area contributed by atoms with Gasteiger partial charge in [-0.2, -0.15) is 5.10 Å². The molecule has 0 aliphatic carbocycles. The summed E-state index contributed by atoms with van der Waals surface area (Å²) in [4.78, 5) is 23.9. The average molecular weight is 448 g/mol. The molecule has 2 amide bonds. The zero-order chi connectivity index (χ0) is 20.4. The summed E-state index contributed by atoms with van der Waals surface area (Å²) in [5, 5.41) is 6.44. The fourth-order valence-electron chi connectivity index (χ4n) is 2.15. The van der Waals surface area contributed by atoms with E-state index in [4.69, 9.17) is 9.47 Å². The molecule has 0 bridgehead atoms. The van der Waals surface area contributed by atoms with E-state index in [1.54, 1.807) is 43.5 Å². The monoisotopic (exact) mass is 447 g/mol. The maximum Gasteiger partial charge on any atom is 0.259 e. The average Bonchev–Trinajstić information content (AvgIpc) is 2.72. The van der Waals surface area contributed by atoms with Gasteiger partial charge in [0.2, 0.25) is 0 Å². The van der Waals surface area contributed by atoms with Crippen molar-refractivity contribution >= 4 is 34.0 Å². The first-order valence-corrected chi connectivity index (χ1v) is 9.49. The van der Waals surface area contributed by atoms with Crippen molar-refractivity contribution in [3.8, 4) is 11.5 Å². The van der Waals surface area contributed by atoms with Gasteiger partial charge in [-0.15, -0.1) is 0 Å². The highest BCUT2D eigenvalue weighted by Gasteiger charge is 2.08. The number of amides is 2. The first-order chi connectivity index (χ1) is 13.5. The minimum Gasteiger partial charge on any atom is -0.497 e. The molecule has 0 saturated carbocycles. The molecule has 0 unspecified atom stereocenters. The van der Waals surface area contributed by atoms with Crippen LogP contribution in [-0.2, 0) is 4.79 Å². The number of nitrogens with one attached hydrogen (secondary N) is 2. The Hall–Kier alpha value is -2.87. The number of halogens is 1. The maximum absolute atomic E-state index is 12.1. The molecule has 2 aromatic carbocycles. The van der Waals surface area contributed by atoms with E-state index in [-0.39, 0.29) is 12.5 Å². The first-order valence-electron chi connectivity index (χ1n) is 8.70. The molecule has 0 atom stereocenters. The molecule has 7 nitrogen and oxygen atoms in total. The van der Waals surface area contributed by atoms with Gasteiger partial charge >= 0.3 is 0 Å². The van der Waals surface area contributed by atoms with Crippen molar-refractivity contribution in [3.05, 3.63) is 58.1 Å². The van der Waals surface area contributed by atoms with Crippen LogP contribution < -0.4 is 20.2 Å². The Labute approximate surface area is 172 Å². The summed E-state index contributed by atoms with van der Waals surface area (Å²) in [6.45, 7) is 2.45. The summed E-state index contributed by atoms with van der Waals surface area (Å²) in [7, 11) is 1.57. The second kappa shape index (κ2) is 11.1. The van der Waals surface area contributed by atoms with Gasteiger partial charge in [0.05, 0.1) is 26.5 Å². The molecule has 8 heteroatoms. The van der Waals surface area contributed by atoms with Crippen LogP contribution >= 0.6 is 15.9 Å². The largest absolute Gasteiger partial charge is 0.497 e. The summed E-state index contributed by atoms with van der Waals surface area (Å²) in [5.74, 6) is 0.590. The van der Waals surface area contributed by atoms with Crippen LogP contribution in [0.2, 0.25) is 0 Å². The standard InChI is InChI=1S/C20H22BrN3O4/c1-3-10-28-16-6-4-14(5-7-16)20(26)22-13-19(25)24-23-12-15-11-17(27-2)8-9-18(15)21/h4-9,11-12H,3,10,13H2,1-2H3,(H,22,26)(H,24,25)/b23-12-. The topological polar surface area (TPSA) is 89.0 Å². The molecule has 0 aromatic heterocycles. The minimum atomic E-state index is -0.438. The highest BCUT2D eigenvalue weighted by Crippen LogP contribution is 2.20. The first kappa shape index (κ1) is 21.4. The van der Waals surface area contributed by atoms with Gasteiger partial charge in [0, 0.05) is 15.6 Å². The van der Waals surface area contributed by atoms with Crippen molar-refractivity contribution in [1.29, 1.82) is 0 Å². The number of methoxy groups -OCH3 is 1. The lowest BCUT2D eigenvalue weighted by Gasteiger charge is -2.07. The Kier molecular flexibility index (Phi) is 8.48. The van der Waals surface area contributed by atoms with Gasteiger partial charge in [-0.3, -0.25) is 9.59 Å². The molecular weight excluding hydrogens is 426 g/mol. The summed E-state index contributed by atoms with van der Waals surface area (Å²) in [5.41, 5.74) is 3.56. The molecule has 0 radical (unpaired) electrons. The van der Waals surface area contributed by atoms with Crippen LogP contribution in [0.4, 0.5) is 0 Å². The van der Waals surface area contributed by atoms with Crippen molar-refractivity contribution in [3.63, 3.8) is 0 Å². The van der Waals surface area contributed by atoms with Crippen LogP contribution in [0.15, 0.2) is 52.0 Å². The van der Waals surface area contributed by atoms with E-state index in [9.17, 15) is 9.59 Å². The number of hydrazone groups is 1. The maximum atomic E-state index is 12.1. The molecular formula is C20H22BrN3O4. The second-order valence-electron chi connectivity index (χ2n) is 5.74. The molecule has 0 fully saturated rings. The fourth-order valence-corrected chi connectivity index (χ4v) is 2.50. The van der Waals surface area contributed by atoms with E-state index < -0.39 is 5.91 Å². The molecule has 0 saturated heterocycles. The van der Waals surface area contributed by atoms with Gasteiger partial charge in [-0.05, 0) is 48.9 Å². The molecule has 28 heavy (non-hydrogen) atoms. The zero-order valence-corrected chi connectivity index (χ0v) is 17.3. The van der Waals surface area contributed by atoms with Crippen molar-refractivity contribution in [1.82, 2.24) is 10.7 Å². The van der Waals surface area contributed by atoms with E-state index in [1.165, 1.54) is 6.21 Å². The summed E-state index contributed by atoms with van der Waals surface area (Å²) >= 11 is 3.40. The third kappa shape index (κ3) is 6.70. The van der Waals surface area contributed by atoms with Gasteiger partial charge in [-0.25, -0.2) is 5.43 Å². The van der Waals surface area contributed by atoms with E-state index >= 15 is 0 Å². The van der Waals surface area contributed by atoms with Crippen LogP contribution in [-0.4, -0.2) is 38.3 Å². The van der Waals surface area contributed by atoms with E-state index in [0.29, 0.717) is 23.7 Å². The minimum absolute atomic E-state index is 0.191. The van der Waals surface area contributed by atoms with Gasteiger partial charge in [-0.1, -0.05) is 22.9 Å². The Balaban J connectivity index is 1.81. The predicted octanol–water partition coefficient (Wildman–Crippen LogP) is 3.13. The Bertz CT molecular complexity index is 838. The number of benzene rings is 2. The molecule has 0 aliphatic heterocycles. The van der Waals surface area contributed by atoms with Crippen LogP contribution in [0.5, 0.6) is 11.5 Å². The molecule has 2 N–H and O–H groups in total. The van der Waals surface area contributed by atoms with Crippen molar-refractivity contribution < 1.29 is 19.1 Å². The fraction of sp³-hybridized carbons (Fsp3) is 0.250. The molecule has 0 heterocycles. The number of ether oxygens (including phenoxy) is 2. The lowest BCUT2D eigenvalue weighted by atomic mass is 10.2. The van der Waals surface area contributed by atoms with Crippen LogP contribution in [0.1, 0.15) is 29.3 Å². The number of carbonyl (C=O) groups is 2. The van der Waals surface area contributed by atoms with E-state index in [1.807, 2.05) is 13.0 Å².